The number of aliphatic imine (C=N–C) groups is 1. The van der Waals surface area contributed by atoms with E-state index >= 15 is 0 Å². The van der Waals surface area contributed by atoms with Crippen LogP contribution in [0.4, 0.5) is 0 Å². The zero-order chi connectivity index (χ0) is 16.1. The van der Waals surface area contributed by atoms with Crippen LogP contribution < -0.4 is 5.73 Å². The first-order chi connectivity index (χ1) is 9.94. The molecule has 0 aliphatic carbocycles. The Labute approximate surface area is 130 Å². The fraction of sp³-hybridized carbons (Fsp3) is 0.706. The van der Waals surface area contributed by atoms with E-state index < -0.39 is 0 Å². The number of hydrogen-bond acceptors (Lipinski definition) is 4. The van der Waals surface area contributed by atoms with E-state index in [-0.39, 0.29) is 5.41 Å². The molecular formula is C17H32N2O2. The predicted molar refractivity (Wildman–Crippen MR) is 90.5 cm³/mol. The molecule has 4 nitrogen and oxygen atoms in total. The standard InChI is InChI=1S/C17H32N2O2/c1-6-8-16(13-19-12-15(3)18)17(4,5)14-21-11-10-20-9-7-2/h8,12-13H,6-7,9-11,14,18H2,1-5H3/b15-12+,16-8+,19-13+. The third kappa shape index (κ3) is 10.3. The van der Waals surface area contributed by atoms with E-state index in [1.165, 1.54) is 0 Å². The average molecular weight is 296 g/mol. The fourth-order valence-corrected chi connectivity index (χ4v) is 1.73. The van der Waals surface area contributed by atoms with Crippen LogP contribution in [0.3, 0.4) is 0 Å². The van der Waals surface area contributed by atoms with Gasteiger partial charge in [-0.2, -0.15) is 0 Å². The second-order valence-corrected chi connectivity index (χ2v) is 5.77. The Morgan fingerprint density at radius 2 is 1.81 bits per heavy atom. The van der Waals surface area contributed by atoms with Crippen molar-refractivity contribution < 1.29 is 9.47 Å². The summed E-state index contributed by atoms with van der Waals surface area (Å²) in [6.07, 6.45) is 7.73. The van der Waals surface area contributed by atoms with Gasteiger partial charge in [0.1, 0.15) is 0 Å². The maximum Gasteiger partial charge on any atom is 0.0700 e. The van der Waals surface area contributed by atoms with E-state index in [9.17, 15) is 0 Å². The number of nitrogens with two attached hydrogens (primary N) is 1. The van der Waals surface area contributed by atoms with Crippen LogP contribution in [-0.4, -0.2) is 32.6 Å². The van der Waals surface area contributed by atoms with Crippen molar-refractivity contribution in [3.63, 3.8) is 0 Å². The van der Waals surface area contributed by atoms with Gasteiger partial charge in [0, 0.05) is 30.1 Å². The van der Waals surface area contributed by atoms with Crippen LogP contribution in [0.1, 0.15) is 47.5 Å². The Bertz CT molecular complexity index is 354. The first-order valence-electron chi connectivity index (χ1n) is 7.75. The molecule has 0 unspecified atom stereocenters. The molecule has 0 aliphatic heterocycles. The van der Waals surface area contributed by atoms with Crippen molar-refractivity contribution in [3.8, 4) is 0 Å². The maximum absolute atomic E-state index is 5.73. The van der Waals surface area contributed by atoms with Gasteiger partial charge in [-0.15, -0.1) is 0 Å². The molecule has 0 aliphatic rings. The van der Waals surface area contributed by atoms with Gasteiger partial charge < -0.3 is 15.2 Å². The summed E-state index contributed by atoms with van der Waals surface area (Å²) in [7, 11) is 0. The topological polar surface area (TPSA) is 56.8 Å². The highest BCUT2D eigenvalue weighted by molar-refractivity contribution is 5.80. The third-order valence-corrected chi connectivity index (χ3v) is 2.88. The summed E-state index contributed by atoms with van der Waals surface area (Å²) in [6.45, 7) is 13.1. The molecule has 4 heteroatoms. The molecule has 0 heterocycles. The van der Waals surface area contributed by atoms with E-state index in [1.54, 1.807) is 6.20 Å². The van der Waals surface area contributed by atoms with Gasteiger partial charge in [-0.25, -0.2) is 0 Å². The summed E-state index contributed by atoms with van der Waals surface area (Å²) >= 11 is 0. The molecule has 0 atom stereocenters. The van der Waals surface area contributed by atoms with Crippen molar-refractivity contribution in [3.05, 3.63) is 23.5 Å². The first kappa shape index (κ1) is 19.9. The van der Waals surface area contributed by atoms with Crippen LogP contribution in [0, 0.1) is 5.41 Å². The fourth-order valence-electron chi connectivity index (χ4n) is 1.73. The van der Waals surface area contributed by atoms with Crippen molar-refractivity contribution in [1.82, 2.24) is 0 Å². The molecule has 21 heavy (non-hydrogen) atoms. The highest BCUT2D eigenvalue weighted by Gasteiger charge is 2.22. The van der Waals surface area contributed by atoms with E-state index in [2.05, 4.69) is 38.8 Å². The number of rotatable bonds is 11. The minimum absolute atomic E-state index is 0.0827. The van der Waals surface area contributed by atoms with Crippen molar-refractivity contribution in [2.45, 2.75) is 47.5 Å². The van der Waals surface area contributed by atoms with Gasteiger partial charge in [0.15, 0.2) is 0 Å². The molecule has 0 saturated heterocycles. The third-order valence-electron chi connectivity index (χ3n) is 2.88. The molecule has 0 aromatic rings. The number of nitrogens with zero attached hydrogens (tertiary/aromatic N) is 1. The monoisotopic (exact) mass is 296 g/mol. The van der Waals surface area contributed by atoms with E-state index in [4.69, 9.17) is 15.2 Å². The second kappa shape index (κ2) is 11.5. The molecule has 0 radical (unpaired) electrons. The van der Waals surface area contributed by atoms with Crippen LogP contribution in [0.25, 0.3) is 0 Å². The highest BCUT2D eigenvalue weighted by atomic mass is 16.5. The minimum atomic E-state index is -0.0827. The molecule has 0 spiro atoms. The lowest BCUT2D eigenvalue weighted by Crippen LogP contribution is -2.24. The first-order valence-corrected chi connectivity index (χ1v) is 7.75. The lowest BCUT2D eigenvalue weighted by Gasteiger charge is -2.26. The van der Waals surface area contributed by atoms with E-state index in [0.29, 0.717) is 25.5 Å². The van der Waals surface area contributed by atoms with Gasteiger partial charge in [0.05, 0.1) is 19.8 Å². The van der Waals surface area contributed by atoms with Gasteiger partial charge in [-0.3, -0.25) is 4.99 Å². The normalized spacial score (nSPS) is 14.1. The summed E-state index contributed by atoms with van der Waals surface area (Å²) in [5.41, 5.74) is 7.37. The largest absolute Gasteiger partial charge is 0.401 e. The zero-order valence-electron chi connectivity index (χ0n) is 14.3. The molecular weight excluding hydrogens is 264 g/mol. The molecule has 0 aromatic carbocycles. The molecule has 0 aromatic heterocycles. The van der Waals surface area contributed by atoms with Crippen LogP contribution in [0.15, 0.2) is 28.5 Å². The highest BCUT2D eigenvalue weighted by Crippen LogP contribution is 2.26. The Kier molecular flexibility index (Phi) is 10.9. The van der Waals surface area contributed by atoms with Gasteiger partial charge in [-0.1, -0.05) is 33.8 Å². The van der Waals surface area contributed by atoms with Gasteiger partial charge >= 0.3 is 0 Å². The molecule has 122 valence electrons. The smallest absolute Gasteiger partial charge is 0.0700 e. The number of allylic oxidation sites excluding steroid dienone is 2. The van der Waals surface area contributed by atoms with Crippen molar-refractivity contribution >= 4 is 6.21 Å². The van der Waals surface area contributed by atoms with Crippen molar-refractivity contribution in [2.75, 3.05) is 26.4 Å². The summed E-state index contributed by atoms with van der Waals surface area (Å²) in [5, 5.41) is 0. The van der Waals surface area contributed by atoms with Crippen LogP contribution in [0.2, 0.25) is 0 Å². The molecule has 0 bridgehead atoms. The minimum Gasteiger partial charge on any atom is -0.401 e. The lowest BCUT2D eigenvalue weighted by molar-refractivity contribution is 0.0246. The lowest BCUT2D eigenvalue weighted by atomic mass is 9.85. The molecule has 2 N–H and O–H groups in total. The molecule has 0 rings (SSSR count). The number of hydrogen-bond donors (Lipinski definition) is 1. The SMILES string of the molecule is CC\C=C(/C=N/C=C(\C)N)C(C)(C)COCCOCCC. The molecule has 0 amide bonds. The summed E-state index contributed by atoms with van der Waals surface area (Å²) in [5.74, 6) is 0. The van der Waals surface area contributed by atoms with Gasteiger partial charge in [0.2, 0.25) is 0 Å². The van der Waals surface area contributed by atoms with E-state index in [1.807, 2.05) is 13.1 Å². The summed E-state index contributed by atoms with van der Waals surface area (Å²) in [6, 6.07) is 0. The maximum atomic E-state index is 5.73. The Hall–Kier alpha value is -1.13. The Balaban J connectivity index is 4.42. The quantitative estimate of drug-likeness (QED) is 0.467. The van der Waals surface area contributed by atoms with Gasteiger partial charge in [-0.05, 0) is 25.3 Å². The van der Waals surface area contributed by atoms with Crippen LogP contribution in [-0.2, 0) is 9.47 Å². The summed E-state index contributed by atoms with van der Waals surface area (Å²) < 4.78 is 11.1. The average Bonchev–Trinajstić information content (AvgIpc) is 2.41. The second-order valence-electron chi connectivity index (χ2n) is 5.77. The van der Waals surface area contributed by atoms with Crippen LogP contribution in [0.5, 0.6) is 0 Å². The van der Waals surface area contributed by atoms with Crippen molar-refractivity contribution in [1.29, 1.82) is 0 Å². The van der Waals surface area contributed by atoms with Gasteiger partial charge in [0.25, 0.3) is 0 Å². The van der Waals surface area contributed by atoms with Crippen molar-refractivity contribution in [2.24, 2.45) is 16.1 Å². The Morgan fingerprint density at radius 1 is 1.14 bits per heavy atom. The van der Waals surface area contributed by atoms with E-state index in [0.717, 1.165) is 25.0 Å². The van der Waals surface area contributed by atoms with Crippen LogP contribution >= 0.6 is 0 Å². The Morgan fingerprint density at radius 3 is 2.38 bits per heavy atom. The molecule has 0 saturated carbocycles. The predicted octanol–water partition coefficient (Wildman–Crippen LogP) is 3.68. The summed E-state index contributed by atoms with van der Waals surface area (Å²) in [4.78, 5) is 4.26. The molecule has 0 fully saturated rings. The number of ether oxygens (including phenoxy) is 2. The zero-order valence-corrected chi connectivity index (χ0v) is 14.3.